The second-order valence-electron chi connectivity index (χ2n) is 12.8. The van der Waals surface area contributed by atoms with Crippen molar-refractivity contribution in [1.82, 2.24) is 9.80 Å². The lowest BCUT2D eigenvalue weighted by Crippen LogP contribution is -2.48. The van der Waals surface area contributed by atoms with Gasteiger partial charge in [0, 0.05) is 39.3 Å². The van der Waals surface area contributed by atoms with Gasteiger partial charge in [-0.3, -0.25) is 9.80 Å². The fourth-order valence-corrected chi connectivity index (χ4v) is 6.26. The number of piperazine rings is 1. The number of nitrogens with zero attached hydrogens (tertiary/aromatic N) is 2. The molecule has 2 fully saturated rings. The minimum atomic E-state index is -0.928. The summed E-state index contributed by atoms with van der Waals surface area (Å²) in [6, 6.07) is 4.07. The third kappa shape index (κ3) is 8.09. The summed E-state index contributed by atoms with van der Waals surface area (Å²) in [4.78, 5) is 29.4. The Morgan fingerprint density at radius 2 is 1.56 bits per heavy atom. The number of carbonyl (C=O) groups is 2. The Balaban J connectivity index is 1.15. The number of aryl methyl sites for hydroxylation is 3. The van der Waals surface area contributed by atoms with Crippen LogP contribution >= 0.6 is 0 Å². The quantitative estimate of drug-likeness (QED) is 0.328. The van der Waals surface area contributed by atoms with Crippen LogP contribution in [0.2, 0.25) is 0 Å². The Bertz CT molecular complexity index is 1100. The molecule has 1 saturated heterocycles. The molecule has 9 nitrogen and oxygen atoms in total. The van der Waals surface area contributed by atoms with Crippen LogP contribution in [0.25, 0.3) is 5.57 Å². The number of ether oxygens (including phenoxy) is 4. The van der Waals surface area contributed by atoms with Gasteiger partial charge >= 0.3 is 11.9 Å². The van der Waals surface area contributed by atoms with Crippen molar-refractivity contribution in [3.63, 3.8) is 0 Å². The van der Waals surface area contributed by atoms with Crippen LogP contribution in [0.3, 0.4) is 0 Å². The van der Waals surface area contributed by atoms with Gasteiger partial charge in [0.25, 0.3) is 0 Å². The highest BCUT2D eigenvalue weighted by Crippen LogP contribution is 2.46. The van der Waals surface area contributed by atoms with E-state index in [1.165, 1.54) is 0 Å². The minimum absolute atomic E-state index is 0.0115. The van der Waals surface area contributed by atoms with Crippen molar-refractivity contribution in [2.45, 2.75) is 84.5 Å². The van der Waals surface area contributed by atoms with E-state index in [0.29, 0.717) is 31.6 Å². The van der Waals surface area contributed by atoms with E-state index in [4.69, 9.17) is 18.9 Å². The molecule has 0 bridgehead atoms. The van der Waals surface area contributed by atoms with Crippen molar-refractivity contribution in [3.8, 4) is 0 Å². The average molecular weight is 573 g/mol. The molecule has 0 atom stereocenters. The third-order valence-corrected chi connectivity index (χ3v) is 8.25. The molecule has 0 amide bonds. The fraction of sp³-hybridized carbons (Fsp3) is 0.688. The van der Waals surface area contributed by atoms with Gasteiger partial charge in [0.1, 0.15) is 17.8 Å². The van der Waals surface area contributed by atoms with Crippen molar-refractivity contribution in [2.75, 3.05) is 59.1 Å². The highest BCUT2D eigenvalue weighted by Gasteiger charge is 2.51. The molecule has 2 heterocycles. The zero-order valence-corrected chi connectivity index (χ0v) is 25.7. The minimum Gasteiger partial charge on any atom is -0.507 e. The molecule has 1 N–H and O–H groups in total. The molecule has 0 radical (unpaired) electrons. The first-order chi connectivity index (χ1) is 19.4. The second kappa shape index (κ2) is 13.2. The molecule has 3 aliphatic rings. The molecule has 1 aromatic rings. The van der Waals surface area contributed by atoms with Crippen molar-refractivity contribution in [1.29, 1.82) is 0 Å². The predicted octanol–water partition coefficient (Wildman–Crippen LogP) is 4.11. The van der Waals surface area contributed by atoms with Gasteiger partial charge in [-0.05, 0) is 83.9 Å². The number of aliphatic hydroxyl groups excluding tert-OH is 1. The monoisotopic (exact) mass is 572 g/mol. The molecule has 1 aliphatic carbocycles. The lowest BCUT2D eigenvalue weighted by molar-refractivity contribution is -0.160. The Morgan fingerprint density at radius 3 is 2.12 bits per heavy atom. The first-order valence-electron chi connectivity index (χ1n) is 15.0. The number of esters is 2. The van der Waals surface area contributed by atoms with E-state index in [1.54, 1.807) is 0 Å². The van der Waals surface area contributed by atoms with Gasteiger partial charge < -0.3 is 24.1 Å². The topological polar surface area (TPSA) is 97.8 Å². The number of hydrogen-bond acceptors (Lipinski definition) is 9. The maximum Gasteiger partial charge on any atom is 0.343 e. The normalized spacial score (nSPS) is 24.2. The van der Waals surface area contributed by atoms with Crippen LogP contribution in [0, 0.1) is 20.8 Å². The molecule has 4 rings (SSSR count). The van der Waals surface area contributed by atoms with E-state index in [2.05, 4.69) is 9.80 Å². The van der Waals surface area contributed by atoms with Gasteiger partial charge in [0.15, 0.2) is 11.4 Å². The van der Waals surface area contributed by atoms with Gasteiger partial charge in [0.2, 0.25) is 0 Å². The Kier molecular flexibility index (Phi) is 10.2. The lowest BCUT2D eigenvalue weighted by Gasteiger charge is -2.37. The fourth-order valence-electron chi connectivity index (χ4n) is 6.26. The van der Waals surface area contributed by atoms with Crippen LogP contribution in [-0.4, -0.2) is 103 Å². The number of benzene rings is 1. The zero-order chi connectivity index (χ0) is 29.8. The van der Waals surface area contributed by atoms with Gasteiger partial charge in [0.05, 0.1) is 19.3 Å². The molecule has 228 valence electrons. The zero-order valence-electron chi connectivity index (χ0n) is 25.7. The van der Waals surface area contributed by atoms with Crippen LogP contribution in [0.5, 0.6) is 0 Å². The second-order valence-corrected chi connectivity index (χ2v) is 12.8. The highest BCUT2D eigenvalue weighted by atomic mass is 16.6. The average Bonchev–Trinajstić information content (AvgIpc) is 3.11. The largest absolute Gasteiger partial charge is 0.507 e. The van der Waals surface area contributed by atoms with E-state index in [9.17, 15) is 14.7 Å². The lowest BCUT2D eigenvalue weighted by atomic mass is 9.80. The van der Waals surface area contributed by atoms with Gasteiger partial charge in [-0.25, -0.2) is 9.59 Å². The summed E-state index contributed by atoms with van der Waals surface area (Å²) in [6.07, 6.45) is 2.72. The maximum absolute atomic E-state index is 12.9. The van der Waals surface area contributed by atoms with Crippen LogP contribution in [0.15, 0.2) is 17.9 Å². The van der Waals surface area contributed by atoms with E-state index >= 15 is 0 Å². The van der Waals surface area contributed by atoms with E-state index in [0.717, 1.165) is 74.4 Å². The third-order valence-electron chi connectivity index (χ3n) is 8.25. The van der Waals surface area contributed by atoms with Crippen molar-refractivity contribution < 1.29 is 33.6 Å². The Labute approximate surface area is 244 Å². The number of rotatable bonds is 10. The van der Waals surface area contributed by atoms with E-state index in [-0.39, 0.29) is 24.4 Å². The highest BCUT2D eigenvalue weighted by molar-refractivity contribution is 6.20. The summed E-state index contributed by atoms with van der Waals surface area (Å²) in [7, 11) is 0. The van der Waals surface area contributed by atoms with Crippen LogP contribution < -0.4 is 0 Å². The summed E-state index contributed by atoms with van der Waals surface area (Å²) in [6.45, 7) is 18.2. The molecule has 1 spiro atoms. The summed E-state index contributed by atoms with van der Waals surface area (Å²) in [5, 5.41) is 11.2. The van der Waals surface area contributed by atoms with Crippen molar-refractivity contribution in [2.24, 2.45) is 0 Å². The van der Waals surface area contributed by atoms with E-state index < -0.39 is 17.2 Å². The molecule has 1 saturated carbocycles. The van der Waals surface area contributed by atoms with Crippen molar-refractivity contribution >= 4 is 17.5 Å². The Hall–Kier alpha value is -2.46. The summed E-state index contributed by atoms with van der Waals surface area (Å²) in [5.74, 6) is -0.667. The molecule has 1 aromatic carbocycles. The van der Waals surface area contributed by atoms with E-state index in [1.807, 2.05) is 53.7 Å². The SMILES string of the molecule is Cc1cc(C)c(C2=C(O)C3(CCC(OCCN4CCN(CCOCC(=O)OC(C)(C)C)CC4)CC3)OC2=O)c(C)c1. The molecule has 9 heteroatoms. The molecule has 41 heavy (non-hydrogen) atoms. The molecule has 2 aliphatic heterocycles. The number of aliphatic hydroxyl groups is 1. The van der Waals surface area contributed by atoms with Crippen molar-refractivity contribution in [3.05, 3.63) is 40.1 Å². The Morgan fingerprint density at radius 1 is 1.00 bits per heavy atom. The first kappa shape index (κ1) is 31.5. The number of carbonyl (C=O) groups excluding carboxylic acids is 2. The van der Waals surface area contributed by atoms with Gasteiger partial charge in [-0.2, -0.15) is 0 Å². The van der Waals surface area contributed by atoms with Gasteiger partial charge in [-0.1, -0.05) is 17.7 Å². The van der Waals surface area contributed by atoms with Crippen LogP contribution in [-0.2, 0) is 28.5 Å². The molecule has 0 unspecified atom stereocenters. The predicted molar refractivity (Wildman–Crippen MR) is 157 cm³/mol. The smallest absolute Gasteiger partial charge is 0.343 e. The number of hydrogen-bond donors (Lipinski definition) is 1. The summed E-state index contributed by atoms with van der Waals surface area (Å²) < 4.78 is 22.8. The maximum atomic E-state index is 12.9. The van der Waals surface area contributed by atoms with Crippen LogP contribution in [0.1, 0.15) is 68.7 Å². The standard InChI is InChI=1S/C32H48N2O7/c1-22-19-23(2)27(24(3)20-22)28-29(36)32(41-30(28)37)9-7-25(8-10-32)39-18-16-34-13-11-33(12-14-34)15-17-38-21-26(35)40-31(4,5)6/h19-20,25,36H,7-18,21H2,1-6H3. The first-order valence-corrected chi connectivity index (χ1v) is 15.0. The molecular weight excluding hydrogens is 524 g/mol. The van der Waals surface area contributed by atoms with Crippen LogP contribution in [0.4, 0.5) is 0 Å². The molecular formula is C32H48N2O7. The molecule has 0 aromatic heterocycles. The summed E-state index contributed by atoms with van der Waals surface area (Å²) in [5.41, 5.74) is 2.78. The van der Waals surface area contributed by atoms with Gasteiger partial charge in [-0.15, -0.1) is 0 Å². The summed E-state index contributed by atoms with van der Waals surface area (Å²) >= 11 is 0.